The van der Waals surface area contributed by atoms with E-state index in [9.17, 15) is 4.79 Å². The highest BCUT2D eigenvalue weighted by Crippen LogP contribution is 2.27. The Morgan fingerprint density at radius 2 is 2.21 bits per heavy atom. The zero-order chi connectivity index (χ0) is 13.8. The van der Waals surface area contributed by atoms with Gasteiger partial charge in [0.05, 0.1) is 29.6 Å². The van der Waals surface area contributed by atoms with E-state index in [0.717, 1.165) is 4.47 Å². The summed E-state index contributed by atoms with van der Waals surface area (Å²) in [4.78, 5) is 16.1. The van der Waals surface area contributed by atoms with Gasteiger partial charge < -0.3 is 10.1 Å². The van der Waals surface area contributed by atoms with Gasteiger partial charge in [-0.3, -0.25) is 9.78 Å². The molecule has 0 aliphatic carbocycles. The third-order valence-electron chi connectivity index (χ3n) is 2.43. The van der Waals surface area contributed by atoms with E-state index in [2.05, 4.69) is 26.2 Å². The first-order valence-corrected chi connectivity index (χ1v) is 6.53. The molecule has 0 unspecified atom stereocenters. The van der Waals surface area contributed by atoms with Gasteiger partial charge in [0, 0.05) is 10.7 Å². The molecule has 0 radical (unpaired) electrons. The van der Waals surface area contributed by atoms with Crippen LogP contribution in [0.4, 0.5) is 5.69 Å². The van der Waals surface area contributed by atoms with E-state index >= 15 is 0 Å². The van der Waals surface area contributed by atoms with E-state index in [0.29, 0.717) is 22.0 Å². The molecule has 0 saturated carbocycles. The molecule has 2 aromatic rings. The molecule has 1 N–H and O–H groups in total. The molecule has 0 saturated heterocycles. The molecule has 0 spiro atoms. The van der Waals surface area contributed by atoms with Gasteiger partial charge in [-0.1, -0.05) is 27.5 Å². The number of amides is 1. The number of pyridine rings is 1. The van der Waals surface area contributed by atoms with Gasteiger partial charge in [-0.2, -0.15) is 0 Å². The van der Waals surface area contributed by atoms with Gasteiger partial charge in [0.1, 0.15) is 5.75 Å². The number of rotatable bonds is 3. The molecular weight excluding hydrogens is 332 g/mol. The Morgan fingerprint density at radius 1 is 1.42 bits per heavy atom. The fourth-order valence-electron chi connectivity index (χ4n) is 1.51. The number of carbonyl (C=O) groups excluding carboxylic acids is 1. The number of nitrogens with one attached hydrogen (secondary N) is 1. The molecule has 0 atom stereocenters. The fourth-order valence-corrected chi connectivity index (χ4v) is 2.04. The summed E-state index contributed by atoms with van der Waals surface area (Å²) in [5.74, 6) is 0.102. The molecule has 0 aliphatic rings. The minimum atomic E-state index is -0.306. The van der Waals surface area contributed by atoms with Gasteiger partial charge in [-0.05, 0) is 24.3 Å². The second kappa shape index (κ2) is 6.04. The Balaban J connectivity index is 2.28. The zero-order valence-corrected chi connectivity index (χ0v) is 12.3. The Labute approximate surface area is 123 Å². The average molecular weight is 342 g/mol. The normalized spacial score (nSPS) is 10.1. The summed E-state index contributed by atoms with van der Waals surface area (Å²) < 4.78 is 5.92. The number of methoxy groups -OCH3 is 1. The summed E-state index contributed by atoms with van der Waals surface area (Å²) >= 11 is 9.35. The van der Waals surface area contributed by atoms with E-state index in [1.807, 2.05) is 0 Å². The molecule has 19 heavy (non-hydrogen) atoms. The Kier molecular flexibility index (Phi) is 4.39. The molecule has 0 aliphatic heterocycles. The Bertz CT molecular complexity index is 619. The molecule has 1 aromatic carbocycles. The smallest absolute Gasteiger partial charge is 0.259 e. The van der Waals surface area contributed by atoms with Crippen LogP contribution in [0, 0.1) is 0 Å². The van der Waals surface area contributed by atoms with Crippen molar-refractivity contribution in [1.82, 2.24) is 4.98 Å². The Hall–Kier alpha value is -1.59. The molecule has 0 fully saturated rings. The molecule has 1 heterocycles. The summed E-state index contributed by atoms with van der Waals surface area (Å²) in [6.07, 6.45) is 3.01. The van der Waals surface area contributed by atoms with Crippen molar-refractivity contribution in [2.75, 3.05) is 12.4 Å². The van der Waals surface area contributed by atoms with Crippen molar-refractivity contribution in [3.8, 4) is 5.75 Å². The number of halogens is 2. The third kappa shape index (κ3) is 3.24. The summed E-state index contributed by atoms with van der Waals surface area (Å²) in [6.45, 7) is 0. The number of carbonyl (C=O) groups is 1. The molecule has 6 heteroatoms. The van der Waals surface area contributed by atoms with Gasteiger partial charge in [0.25, 0.3) is 5.91 Å². The predicted molar refractivity (Wildman–Crippen MR) is 77.9 cm³/mol. The van der Waals surface area contributed by atoms with E-state index < -0.39 is 0 Å². The van der Waals surface area contributed by atoms with Gasteiger partial charge >= 0.3 is 0 Å². The van der Waals surface area contributed by atoms with Crippen molar-refractivity contribution in [3.63, 3.8) is 0 Å². The Morgan fingerprint density at radius 3 is 2.95 bits per heavy atom. The van der Waals surface area contributed by atoms with Crippen LogP contribution < -0.4 is 10.1 Å². The summed E-state index contributed by atoms with van der Waals surface area (Å²) in [5.41, 5.74) is 0.924. The van der Waals surface area contributed by atoms with Crippen molar-refractivity contribution in [2.24, 2.45) is 0 Å². The van der Waals surface area contributed by atoms with Crippen LogP contribution in [-0.4, -0.2) is 18.0 Å². The second-order valence-corrected chi connectivity index (χ2v) is 4.98. The zero-order valence-electron chi connectivity index (χ0n) is 9.98. The highest BCUT2D eigenvalue weighted by molar-refractivity contribution is 9.10. The lowest BCUT2D eigenvalue weighted by Crippen LogP contribution is -2.13. The van der Waals surface area contributed by atoms with Crippen LogP contribution >= 0.6 is 27.5 Å². The van der Waals surface area contributed by atoms with Crippen molar-refractivity contribution < 1.29 is 9.53 Å². The van der Waals surface area contributed by atoms with Crippen molar-refractivity contribution >= 4 is 39.1 Å². The molecular formula is C13H10BrClN2O2. The first-order chi connectivity index (χ1) is 9.11. The fraction of sp³-hybridized carbons (Fsp3) is 0.0769. The lowest BCUT2D eigenvalue weighted by atomic mass is 10.2. The first-order valence-electron chi connectivity index (χ1n) is 5.36. The number of nitrogens with zero attached hydrogens (tertiary/aromatic N) is 1. The minimum Gasteiger partial charge on any atom is -0.494 e. The standard InChI is InChI=1S/C13H10BrClN2O2/c1-19-12-7-16-5-4-9(12)13(18)17-11-6-8(14)2-3-10(11)15/h2-7H,1H3,(H,17,18). The monoisotopic (exact) mass is 340 g/mol. The maximum Gasteiger partial charge on any atom is 0.259 e. The summed E-state index contributed by atoms with van der Waals surface area (Å²) in [6, 6.07) is 6.81. The predicted octanol–water partition coefficient (Wildman–Crippen LogP) is 3.76. The van der Waals surface area contributed by atoms with Gasteiger partial charge in [0.15, 0.2) is 0 Å². The SMILES string of the molecule is COc1cnccc1C(=O)Nc1cc(Br)ccc1Cl. The van der Waals surface area contributed by atoms with E-state index in [-0.39, 0.29) is 5.91 Å². The van der Waals surface area contributed by atoms with Crippen LogP contribution in [0.3, 0.4) is 0 Å². The molecule has 1 amide bonds. The van der Waals surface area contributed by atoms with E-state index in [4.69, 9.17) is 16.3 Å². The number of aromatic nitrogens is 1. The lowest BCUT2D eigenvalue weighted by molar-refractivity contribution is 0.102. The first kappa shape index (κ1) is 13.8. The van der Waals surface area contributed by atoms with Crippen LogP contribution in [0.5, 0.6) is 5.75 Å². The summed E-state index contributed by atoms with van der Waals surface area (Å²) in [7, 11) is 1.49. The van der Waals surface area contributed by atoms with Crippen LogP contribution in [0.2, 0.25) is 5.02 Å². The maximum atomic E-state index is 12.2. The van der Waals surface area contributed by atoms with Crippen molar-refractivity contribution in [2.45, 2.75) is 0 Å². The number of ether oxygens (including phenoxy) is 1. The molecule has 98 valence electrons. The largest absolute Gasteiger partial charge is 0.494 e. The number of hydrogen-bond donors (Lipinski definition) is 1. The number of benzene rings is 1. The van der Waals surface area contributed by atoms with Crippen LogP contribution in [-0.2, 0) is 0 Å². The van der Waals surface area contributed by atoms with Crippen LogP contribution in [0.1, 0.15) is 10.4 Å². The summed E-state index contributed by atoms with van der Waals surface area (Å²) in [5, 5.41) is 3.20. The van der Waals surface area contributed by atoms with Gasteiger partial charge in [0.2, 0.25) is 0 Å². The quantitative estimate of drug-likeness (QED) is 0.925. The van der Waals surface area contributed by atoms with Crippen LogP contribution in [0.15, 0.2) is 41.1 Å². The molecule has 0 bridgehead atoms. The van der Waals surface area contributed by atoms with Gasteiger partial charge in [-0.15, -0.1) is 0 Å². The van der Waals surface area contributed by atoms with Crippen LogP contribution in [0.25, 0.3) is 0 Å². The second-order valence-electron chi connectivity index (χ2n) is 3.65. The van der Waals surface area contributed by atoms with E-state index in [1.54, 1.807) is 24.3 Å². The topological polar surface area (TPSA) is 51.2 Å². The van der Waals surface area contributed by atoms with Gasteiger partial charge in [-0.25, -0.2) is 0 Å². The molecule has 4 nitrogen and oxygen atoms in total. The third-order valence-corrected chi connectivity index (χ3v) is 3.25. The molecule has 1 aromatic heterocycles. The van der Waals surface area contributed by atoms with Crippen molar-refractivity contribution in [1.29, 1.82) is 0 Å². The van der Waals surface area contributed by atoms with Crippen molar-refractivity contribution in [3.05, 3.63) is 51.7 Å². The maximum absolute atomic E-state index is 12.2. The highest BCUT2D eigenvalue weighted by Gasteiger charge is 2.13. The lowest BCUT2D eigenvalue weighted by Gasteiger charge is -2.10. The highest BCUT2D eigenvalue weighted by atomic mass is 79.9. The average Bonchev–Trinajstić information content (AvgIpc) is 2.42. The number of hydrogen-bond acceptors (Lipinski definition) is 3. The van der Waals surface area contributed by atoms with E-state index in [1.165, 1.54) is 19.5 Å². The minimum absolute atomic E-state index is 0.306. The molecule has 2 rings (SSSR count). The number of anilines is 1.